The van der Waals surface area contributed by atoms with Gasteiger partial charge in [0.05, 0.1) is 5.69 Å². The molecule has 0 spiro atoms. The largest absolute Gasteiger partial charge is 0.370 e. The topological polar surface area (TPSA) is 29.3 Å². The molecule has 0 amide bonds. The number of halogens is 1. The van der Waals surface area contributed by atoms with E-state index in [-0.39, 0.29) is 6.04 Å². The van der Waals surface area contributed by atoms with Crippen LogP contribution in [0.2, 0.25) is 0 Å². The SMILES string of the molecule is CCC(CSC)N(C)c1ccc([C@@H](C)N)cc1Br. The summed E-state index contributed by atoms with van der Waals surface area (Å²) in [6.07, 6.45) is 3.31. The first-order valence-electron chi connectivity index (χ1n) is 6.28. The van der Waals surface area contributed by atoms with Crippen molar-refractivity contribution in [3.05, 3.63) is 28.2 Å². The lowest BCUT2D eigenvalue weighted by Gasteiger charge is -2.30. The highest BCUT2D eigenvalue weighted by Gasteiger charge is 2.15. The van der Waals surface area contributed by atoms with Gasteiger partial charge in [0.25, 0.3) is 0 Å². The van der Waals surface area contributed by atoms with Crippen LogP contribution in [0.3, 0.4) is 0 Å². The van der Waals surface area contributed by atoms with Gasteiger partial charge in [0.2, 0.25) is 0 Å². The molecule has 102 valence electrons. The minimum atomic E-state index is 0.0776. The molecule has 1 unspecified atom stereocenters. The fourth-order valence-corrected chi connectivity index (χ4v) is 3.51. The highest BCUT2D eigenvalue weighted by Crippen LogP contribution is 2.30. The van der Waals surface area contributed by atoms with Crippen LogP contribution in [0, 0.1) is 0 Å². The Morgan fingerprint density at radius 1 is 1.44 bits per heavy atom. The molecule has 0 saturated carbocycles. The lowest BCUT2D eigenvalue weighted by molar-refractivity contribution is 0.672. The van der Waals surface area contributed by atoms with E-state index in [1.807, 2.05) is 18.7 Å². The first kappa shape index (κ1) is 15.9. The monoisotopic (exact) mass is 330 g/mol. The molecule has 0 heterocycles. The van der Waals surface area contributed by atoms with Crippen LogP contribution >= 0.6 is 27.7 Å². The number of thioether (sulfide) groups is 1. The van der Waals surface area contributed by atoms with Crippen LogP contribution in [-0.2, 0) is 0 Å². The van der Waals surface area contributed by atoms with E-state index in [4.69, 9.17) is 5.73 Å². The van der Waals surface area contributed by atoms with Gasteiger partial charge in [-0.3, -0.25) is 0 Å². The van der Waals surface area contributed by atoms with Gasteiger partial charge in [-0.25, -0.2) is 0 Å². The molecule has 0 aliphatic rings. The zero-order chi connectivity index (χ0) is 13.7. The molecular weight excluding hydrogens is 308 g/mol. The summed E-state index contributed by atoms with van der Waals surface area (Å²) < 4.78 is 1.12. The van der Waals surface area contributed by atoms with Gasteiger partial charge in [0.15, 0.2) is 0 Å². The van der Waals surface area contributed by atoms with Crippen molar-refractivity contribution in [2.24, 2.45) is 5.73 Å². The Balaban J connectivity index is 2.95. The molecule has 0 saturated heterocycles. The van der Waals surface area contributed by atoms with Gasteiger partial charge in [-0.15, -0.1) is 0 Å². The van der Waals surface area contributed by atoms with E-state index in [9.17, 15) is 0 Å². The normalized spacial score (nSPS) is 14.3. The first-order valence-corrected chi connectivity index (χ1v) is 8.46. The van der Waals surface area contributed by atoms with Crippen LogP contribution in [-0.4, -0.2) is 25.1 Å². The van der Waals surface area contributed by atoms with Crippen molar-refractivity contribution < 1.29 is 0 Å². The number of nitrogens with two attached hydrogens (primary N) is 1. The lowest BCUT2D eigenvalue weighted by Crippen LogP contribution is -2.33. The molecule has 0 aromatic heterocycles. The molecule has 0 fully saturated rings. The molecule has 0 radical (unpaired) electrons. The molecule has 4 heteroatoms. The van der Waals surface area contributed by atoms with Gasteiger partial charge in [0.1, 0.15) is 0 Å². The van der Waals surface area contributed by atoms with E-state index < -0.39 is 0 Å². The molecular formula is C14H23BrN2S. The number of benzene rings is 1. The molecule has 18 heavy (non-hydrogen) atoms. The number of hydrogen-bond acceptors (Lipinski definition) is 3. The molecule has 1 aromatic rings. The Morgan fingerprint density at radius 2 is 2.11 bits per heavy atom. The van der Waals surface area contributed by atoms with Crippen LogP contribution in [0.1, 0.15) is 31.9 Å². The van der Waals surface area contributed by atoms with Crippen molar-refractivity contribution in [1.29, 1.82) is 0 Å². The molecule has 2 nitrogen and oxygen atoms in total. The van der Waals surface area contributed by atoms with Crippen molar-refractivity contribution >= 4 is 33.4 Å². The fourth-order valence-electron chi connectivity index (χ4n) is 1.99. The summed E-state index contributed by atoms with van der Waals surface area (Å²) in [5.74, 6) is 1.15. The molecule has 2 N–H and O–H groups in total. The Kier molecular flexibility index (Phi) is 6.53. The highest BCUT2D eigenvalue weighted by atomic mass is 79.9. The lowest BCUT2D eigenvalue weighted by atomic mass is 10.1. The summed E-state index contributed by atoms with van der Waals surface area (Å²) in [4.78, 5) is 2.35. The van der Waals surface area contributed by atoms with Crippen LogP contribution in [0.15, 0.2) is 22.7 Å². The molecule has 1 rings (SSSR count). The minimum absolute atomic E-state index is 0.0776. The first-order chi connectivity index (χ1) is 8.51. The average molecular weight is 331 g/mol. The zero-order valence-electron chi connectivity index (χ0n) is 11.6. The van der Waals surface area contributed by atoms with Crippen molar-refractivity contribution in [2.75, 3.05) is 24.0 Å². The van der Waals surface area contributed by atoms with Crippen molar-refractivity contribution in [3.8, 4) is 0 Å². The highest BCUT2D eigenvalue weighted by molar-refractivity contribution is 9.10. The third kappa shape index (κ3) is 3.90. The Hall–Kier alpha value is -0.190. The molecule has 1 aromatic carbocycles. The summed E-state index contributed by atoms with van der Waals surface area (Å²) in [6.45, 7) is 4.25. The molecule has 0 aliphatic carbocycles. The fraction of sp³-hybridized carbons (Fsp3) is 0.571. The van der Waals surface area contributed by atoms with E-state index in [0.29, 0.717) is 6.04 Å². The number of anilines is 1. The van der Waals surface area contributed by atoms with E-state index in [2.05, 4.69) is 59.3 Å². The second-order valence-corrected chi connectivity index (χ2v) is 6.39. The quantitative estimate of drug-likeness (QED) is 0.853. The minimum Gasteiger partial charge on any atom is -0.370 e. The standard InChI is InChI=1S/C14H23BrN2S/c1-5-12(9-18-4)17(3)14-7-6-11(10(2)16)8-13(14)15/h6-8,10,12H,5,9,16H2,1-4H3/t10-,12?/m1/s1. The predicted molar refractivity (Wildman–Crippen MR) is 87.6 cm³/mol. The van der Waals surface area contributed by atoms with Gasteiger partial charge in [0, 0.05) is 29.4 Å². The van der Waals surface area contributed by atoms with Gasteiger partial charge >= 0.3 is 0 Å². The average Bonchev–Trinajstić information content (AvgIpc) is 2.34. The second-order valence-electron chi connectivity index (χ2n) is 4.63. The van der Waals surface area contributed by atoms with E-state index in [1.165, 1.54) is 5.69 Å². The van der Waals surface area contributed by atoms with E-state index in [1.54, 1.807) is 0 Å². The third-order valence-electron chi connectivity index (χ3n) is 3.26. The summed E-state index contributed by atoms with van der Waals surface area (Å²) in [5, 5.41) is 0. The number of rotatable bonds is 6. The maximum Gasteiger partial charge on any atom is 0.0511 e. The summed E-state index contributed by atoms with van der Waals surface area (Å²) in [7, 11) is 2.16. The maximum atomic E-state index is 5.90. The van der Waals surface area contributed by atoms with Gasteiger partial charge < -0.3 is 10.6 Å². The summed E-state index contributed by atoms with van der Waals surface area (Å²) >= 11 is 5.55. The molecule has 2 atom stereocenters. The van der Waals surface area contributed by atoms with E-state index in [0.717, 1.165) is 22.2 Å². The molecule has 0 bridgehead atoms. The van der Waals surface area contributed by atoms with Crippen LogP contribution in [0.5, 0.6) is 0 Å². The second kappa shape index (κ2) is 7.41. The van der Waals surface area contributed by atoms with Crippen LogP contribution < -0.4 is 10.6 Å². The maximum absolute atomic E-state index is 5.90. The summed E-state index contributed by atoms with van der Waals surface area (Å²) in [5.41, 5.74) is 8.30. The smallest absolute Gasteiger partial charge is 0.0511 e. The van der Waals surface area contributed by atoms with Crippen LogP contribution in [0.4, 0.5) is 5.69 Å². The van der Waals surface area contributed by atoms with Gasteiger partial charge in [-0.05, 0) is 53.2 Å². The van der Waals surface area contributed by atoms with Gasteiger partial charge in [-0.2, -0.15) is 11.8 Å². The Morgan fingerprint density at radius 3 is 2.56 bits per heavy atom. The van der Waals surface area contributed by atoms with E-state index >= 15 is 0 Å². The number of hydrogen-bond donors (Lipinski definition) is 1. The molecule has 0 aliphatic heterocycles. The Labute approximate surface area is 123 Å². The van der Waals surface area contributed by atoms with Gasteiger partial charge in [-0.1, -0.05) is 13.0 Å². The summed E-state index contributed by atoms with van der Waals surface area (Å²) in [6, 6.07) is 7.05. The number of nitrogens with zero attached hydrogens (tertiary/aromatic N) is 1. The van der Waals surface area contributed by atoms with Crippen molar-refractivity contribution in [3.63, 3.8) is 0 Å². The van der Waals surface area contributed by atoms with Crippen LogP contribution in [0.25, 0.3) is 0 Å². The van der Waals surface area contributed by atoms with Crippen molar-refractivity contribution in [2.45, 2.75) is 32.4 Å². The zero-order valence-corrected chi connectivity index (χ0v) is 14.0. The Bertz CT molecular complexity index is 382. The third-order valence-corrected chi connectivity index (χ3v) is 4.61. The predicted octanol–water partition coefficient (Wildman–Crippen LogP) is 4.05. The van der Waals surface area contributed by atoms with Crippen molar-refractivity contribution in [1.82, 2.24) is 0 Å².